The summed E-state index contributed by atoms with van der Waals surface area (Å²) in [6.07, 6.45) is -2.11. The van der Waals surface area contributed by atoms with Crippen LogP contribution in [0.15, 0.2) is 48.5 Å². The first-order valence-electron chi connectivity index (χ1n) is 8.18. The van der Waals surface area contributed by atoms with E-state index in [1.54, 1.807) is 24.3 Å². The van der Waals surface area contributed by atoms with Gasteiger partial charge in [0.05, 0.1) is 12.0 Å². The fourth-order valence-electron chi connectivity index (χ4n) is 2.41. The van der Waals surface area contributed by atoms with E-state index in [9.17, 15) is 22.8 Å². The Morgan fingerprint density at radius 3 is 2.12 bits per heavy atom. The van der Waals surface area contributed by atoms with Crippen molar-refractivity contribution < 1.29 is 22.8 Å². The van der Waals surface area contributed by atoms with Crippen LogP contribution in [0.3, 0.4) is 0 Å². The molecule has 1 saturated carbocycles. The van der Waals surface area contributed by atoms with E-state index in [0.717, 1.165) is 42.7 Å². The number of carbonyl (C=O) groups excluding carboxylic acids is 2. The molecule has 0 saturated heterocycles. The van der Waals surface area contributed by atoms with Crippen LogP contribution in [-0.4, -0.2) is 17.9 Å². The fourth-order valence-corrected chi connectivity index (χ4v) is 2.41. The molecule has 2 N–H and O–H groups in total. The number of anilines is 1. The zero-order valence-electron chi connectivity index (χ0n) is 13.8. The smallest absolute Gasteiger partial charge is 0.353 e. The summed E-state index contributed by atoms with van der Waals surface area (Å²) >= 11 is 0. The molecule has 0 heterocycles. The van der Waals surface area contributed by atoms with Crippen molar-refractivity contribution in [1.82, 2.24) is 5.32 Å². The van der Waals surface area contributed by atoms with E-state index in [-0.39, 0.29) is 17.9 Å². The van der Waals surface area contributed by atoms with E-state index in [1.165, 1.54) is 0 Å². The number of rotatable bonds is 5. The van der Waals surface area contributed by atoms with Crippen LogP contribution in [0.5, 0.6) is 0 Å². The molecule has 1 fully saturated rings. The van der Waals surface area contributed by atoms with Gasteiger partial charge >= 0.3 is 6.18 Å². The van der Waals surface area contributed by atoms with Gasteiger partial charge in [0, 0.05) is 17.3 Å². The van der Waals surface area contributed by atoms with Gasteiger partial charge in [-0.05, 0) is 54.8 Å². The number of benzene rings is 2. The summed E-state index contributed by atoms with van der Waals surface area (Å²) in [4.78, 5) is 23.9. The molecular weight excluding hydrogens is 345 g/mol. The molecule has 26 heavy (non-hydrogen) atoms. The first-order valence-corrected chi connectivity index (χ1v) is 8.18. The minimum atomic E-state index is -4.43. The van der Waals surface area contributed by atoms with Crippen molar-refractivity contribution in [2.45, 2.75) is 31.5 Å². The van der Waals surface area contributed by atoms with Crippen molar-refractivity contribution >= 4 is 17.5 Å². The van der Waals surface area contributed by atoms with Gasteiger partial charge < -0.3 is 10.6 Å². The summed E-state index contributed by atoms with van der Waals surface area (Å²) in [6, 6.07) is 11.1. The summed E-state index contributed by atoms with van der Waals surface area (Å²) < 4.78 is 37.6. The first-order chi connectivity index (χ1) is 12.3. The van der Waals surface area contributed by atoms with Gasteiger partial charge in [-0.1, -0.05) is 12.1 Å². The number of amides is 2. The van der Waals surface area contributed by atoms with Crippen LogP contribution in [0.1, 0.15) is 34.3 Å². The zero-order valence-corrected chi connectivity index (χ0v) is 13.8. The van der Waals surface area contributed by atoms with Crippen molar-refractivity contribution in [3.8, 4) is 0 Å². The van der Waals surface area contributed by atoms with Crippen LogP contribution in [0.4, 0.5) is 18.9 Å². The van der Waals surface area contributed by atoms with Crippen LogP contribution < -0.4 is 10.6 Å². The molecule has 1 aliphatic rings. The van der Waals surface area contributed by atoms with Crippen molar-refractivity contribution in [1.29, 1.82) is 0 Å². The Morgan fingerprint density at radius 1 is 0.962 bits per heavy atom. The molecule has 7 heteroatoms. The van der Waals surface area contributed by atoms with E-state index in [2.05, 4.69) is 10.6 Å². The maximum atomic E-state index is 12.5. The lowest BCUT2D eigenvalue weighted by molar-refractivity contribution is -0.137. The molecule has 0 radical (unpaired) electrons. The monoisotopic (exact) mass is 362 g/mol. The molecule has 0 aliphatic heterocycles. The Labute approximate surface area is 148 Å². The molecular formula is C19H17F3N2O2. The Morgan fingerprint density at radius 2 is 1.58 bits per heavy atom. The molecule has 3 rings (SSSR count). The van der Waals surface area contributed by atoms with E-state index < -0.39 is 17.6 Å². The van der Waals surface area contributed by atoms with E-state index >= 15 is 0 Å². The largest absolute Gasteiger partial charge is 0.416 e. The SMILES string of the molecule is O=C(Cc1ccc(NC(=O)c2ccc(C(F)(F)F)cc2)cc1)NC1CC1. The predicted octanol–water partition coefficient (Wildman–Crippen LogP) is 3.78. The molecule has 0 aromatic heterocycles. The average Bonchev–Trinajstić information content (AvgIpc) is 3.40. The normalized spacial score (nSPS) is 14.0. The van der Waals surface area contributed by atoms with Gasteiger partial charge in [-0.2, -0.15) is 13.2 Å². The molecule has 0 unspecified atom stereocenters. The predicted molar refractivity (Wildman–Crippen MR) is 90.7 cm³/mol. The average molecular weight is 362 g/mol. The number of alkyl halides is 3. The van der Waals surface area contributed by atoms with Crippen molar-refractivity contribution in [2.75, 3.05) is 5.32 Å². The van der Waals surface area contributed by atoms with Gasteiger partial charge in [-0.3, -0.25) is 9.59 Å². The second-order valence-electron chi connectivity index (χ2n) is 6.24. The minimum Gasteiger partial charge on any atom is -0.353 e. The highest BCUT2D eigenvalue weighted by molar-refractivity contribution is 6.04. The summed E-state index contributed by atoms with van der Waals surface area (Å²) in [6.45, 7) is 0. The number of hydrogen-bond acceptors (Lipinski definition) is 2. The van der Waals surface area contributed by atoms with Gasteiger partial charge in [0.1, 0.15) is 0 Å². The summed E-state index contributed by atoms with van der Waals surface area (Å²) in [5.74, 6) is -0.535. The van der Waals surface area contributed by atoms with E-state index in [4.69, 9.17) is 0 Å². The molecule has 2 aromatic rings. The maximum Gasteiger partial charge on any atom is 0.416 e. The van der Waals surface area contributed by atoms with Crippen molar-refractivity contribution in [2.24, 2.45) is 0 Å². The number of nitrogens with one attached hydrogen (secondary N) is 2. The molecule has 0 spiro atoms. The summed E-state index contributed by atoms with van der Waals surface area (Å²) in [5.41, 5.74) is 0.644. The lowest BCUT2D eigenvalue weighted by Crippen LogP contribution is -2.26. The molecule has 136 valence electrons. The highest BCUT2D eigenvalue weighted by Gasteiger charge is 2.30. The van der Waals surface area contributed by atoms with Gasteiger partial charge in [0.2, 0.25) is 5.91 Å². The zero-order chi connectivity index (χ0) is 18.7. The van der Waals surface area contributed by atoms with Crippen LogP contribution in [0.25, 0.3) is 0 Å². The van der Waals surface area contributed by atoms with E-state index in [0.29, 0.717) is 11.7 Å². The number of hydrogen-bond donors (Lipinski definition) is 2. The minimum absolute atomic E-state index is 0.0333. The van der Waals surface area contributed by atoms with Crippen LogP contribution in [0.2, 0.25) is 0 Å². The number of carbonyl (C=O) groups is 2. The molecule has 0 atom stereocenters. The highest BCUT2D eigenvalue weighted by atomic mass is 19.4. The Bertz CT molecular complexity index is 795. The number of halogens is 3. The van der Waals surface area contributed by atoms with Gasteiger partial charge in [0.25, 0.3) is 5.91 Å². The second-order valence-corrected chi connectivity index (χ2v) is 6.24. The van der Waals surface area contributed by atoms with Crippen LogP contribution in [-0.2, 0) is 17.4 Å². The molecule has 1 aliphatic carbocycles. The fraction of sp³-hybridized carbons (Fsp3) is 0.263. The Kier molecular flexibility index (Phi) is 4.97. The maximum absolute atomic E-state index is 12.5. The second kappa shape index (κ2) is 7.19. The van der Waals surface area contributed by atoms with Crippen molar-refractivity contribution in [3.63, 3.8) is 0 Å². The third-order valence-corrected chi connectivity index (χ3v) is 3.99. The van der Waals surface area contributed by atoms with Crippen LogP contribution >= 0.6 is 0 Å². The third-order valence-electron chi connectivity index (χ3n) is 3.99. The topological polar surface area (TPSA) is 58.2 Å². The van der Waals surface area contributed by atoms with Gasteiger partial charge in [0.15, 0.2) is 0 Å². The lowest BCUT2D eigenvalue weighted by atomic mass is 10.1. The quantitative estimate of drug-likeness (QED) is 0.851. The molecule has 0 bridgehead atoms. The van der Waals surface area contributed by atoms with Gasteiger partial charge in [-0.15, -0.1) is 0 Å². The standard InChI is InChI=1S/C19H17F3N2O2/c20-19(21,22)14-5-3-13(4-6-14)18(26)24-16-7-1-12(2-8-16)11-17(25)23-15-9-10-15/h1-8,15H,9-11H2,(H,23,25)(H,24,26). The van der Waals surface area contributed by atoms with Crippen LogP contribution in [0, 0.1) is 0 Å². The molecule has 2 amide bonds. The van der Waals surface area contributed by atoms with Gasteiger partial charge in [-0.25, -0.2) is 0 Å². The molecule has 4 nitrogen and oxygen atoms in total. The first kappa shape index (κ1) is 18.0. The molecule has 2 aromatic carbocycles. The summed E-state index contributed by atoms with van der Waals surface area (Å²) in [5, 5.41) is 5.52. The summed E-state index contributed by atoms with van der Waals surface area (Å²) in [7, 11) is 0. The van der Waals surface area contributed by atoms with E-state index in [1.807, 2.05) is 0 Å². The third kappa shape index (κ3) is 4.84. The van der Waals surface area contributed by atoms with Crippen molar-refractivity contribution in [3.05, 3.63) is 65.2 Å². The lowest BCUT2D eigenvalue weighted by Gasteiger charge is -2.09. The Balaban J connectivity index is 1.57. The Hall–Kier alpha value is -2.83. The highest BCUT2D eigenvalue weighted by Crippen LogP contribution is 2.29.